The van der Waals surface area contributed by atoms with Gasteiger partial charge in [0.2, 0.25) is 0 Å². The quantitative estimate of drug-likeness (QED) is 0.914. The van der Waals surface area contributed by atoms with Crippen LogP contribution in [0.1, 0.15) is 38.3 Å². The van der Waals surface area contributed by atoms with Crippen LogP contribution in [0.25, 0.3) is 10.9 Å². The van der Waals surface area contributed by atoms with Gasteiger partial charge in [-0.15, -0.1) is 0 Å². The van der Waals surface area contributed by atoms with Gasteiger partial charge in [0.15, 0.2) is 0 Å². The summed E-state index contributed by atoms with van der Waals surface area (Å²) in [6, 6.07) is 12.3. The maximum Gasteiger partial charge on any atom is 0.0705 e. The molecule has 1 N–H and O–H groups in total. The van der Waals surface area contributed by atoms with E-state index < -0.39 is 0 Å². The zero-order valence-corrected chi connectivity index (χ0v) is 12.1. The first-order chi connectivity index (χ1) is 9.72. The van der Waals surface area contributed by atoms with E-state index in [1.54, 1.807) is 0 Å². The summed E-state index contributed by atoms with van der Waals surface area (Å²) >= 11 is 0. The fraction of sp³-hybridized carbons (Fsp3) is 0.500. The Morgan fingerprint density at radius 1 is 1.20 bits per heavy atom. The minimum absolute atomic E-state index is 0.244. The lowest BCUT2D eigenvalue weighted by Gasteiger charge is -2.30. The lowest BCUT2D eigenvalue weighted by atomic mass is 9.78. The normalized spacial score (nSPS) is 24.7. The second kappa shape index (κ2) is 5.92. The van der Waals surface area contributed by atoms with E-state index in [1.165, 1.54) is 19.3 Å². The van der Waals surface area contributed by atoms with E-state index in [4.69, 9.17) is 0 Å². The fourth-order valence-electron chi connectivity index (χ4n) is 3.43. The van der Waals surface area contributed by atoms with Gasteiger partial charge in [-0.3, -0.25) is 4.98 Å². The van der Waals surface area contributed by atoms with Crippen LogP contribution in [0.15, 0.2) is 36.4 Å². The summed E-state index contributed by atoms with van der Waals surface area (Å²) in [5, 5.41) is 11.6. The average molecular weight is 269 g/mol. The third-order valence-electron chi connectivity index (χ3n) is 4.60. The molecule has 3 rings (SSSR count). The van der Waals surface area contributed by atoms with Gasteiger partial charge in [-0.2, -0.15) is 0 Å². The third-order valence-corrected chi connectivity index (χ3v) is 4.60. The highest BCUT2D eigenvalue weighted by Gasteiger charge is 2.25. The standard InChI is InChI=1S/C18H23NO/c1-13-5-4-7-15(11-13)18(20)12-16-10-9-14-6-2-3-8-17(14)19-16/h2-3,6,8-10,13,15,18,20H,4-5,7,11-12H2,1H3. The molecule has 3 unspecified atom stereocenters. The smallest absolute Gasteiger partial charge is 0.0705 e. The number of fused-ring (bicyclic) bond motifs is 1. The molecule has 1 aromatic carbocycles. The molecule has 1 aliphatic rings. The van der Waals surface area contributed by atoms with Gasteiger partial charge in [0.1, 0.15) is 0 Å². The molecule has 0 radical (unpaired) electrons. The number of nitrogens with zero attached hydrogens (tertiary/aromatic N) is 1. The highest BCUT2D eigenvalue weighted by molar-refractivity contribution is 5.78. The summed E-state index contributed by atoms with van der Waals surface area (Å²) < 4.78 is 0. The van der Waals surface area contributed by atoms with Crippen molar-refractivity contribution in [3.05, 3.63) is 42.1 Å². The molecule has 0 aliphatic heterocycles. The van der Waals surface area contributed by atoms with Gasteiger partial charge < -0.3 is 5.11 Å². The number of hydrogen-bond acceptors (Lipinski definition) is 2. The first-order valence-electron chi connectivity index (χ1n) is 7.75. The Morgan fingerprint density at radius 2 is 2.05 bits per heavy atom. The molecule has 1 aromatic heterocycles. The van der Waals surface area contributed by atoms with Gasteiger partial charge in [-0.05, 0) is 36.8 Å². The largest absolute Gasteiger partial charge is 0.392 e. The zero-order chi connectivity index (χ0) is 13.9. The summed E-state index contributed by atoms with van der Waals surface area (Å²) in [6.45, 7) is 2.30. The molecule has 1 heterocycles. The number of benzene rings is 1. The zero-order valence-electron chi connectivity index (χ0n) is 12.1. The van der Waals surface area contributed by atoms with Gasteiger partial charge >= 0.3 is 0 Å². The number of aliphatic hydroxyl groups is 1. The Bertz CT molecular complexity index is 580. The molecule has 0 spiro atoms. The van der Waals surface area contributed by atoms with Crippen molar-refractivity contribution in [1.82, 2.24) is 4.98 Å². The molecular formula is C18H23NO. The predicted octanol–water partition coefficient (Wildman–Crippen LogP) is 3.96. The summed E-state index contributed by atoms with van der Waals surface area (Å²) in [7, 11) is 0. The lowest BCUT2D eigenvalue weighted by Crippen LogP contribution is -2.27. The Kier molecular flexibility index (Phi) is 4.02. The van der Waals surface area contributed by atoms with Gasteiger partial charge in [0, 0.05) is 17.5 Å². The average Bonchev–Trinajstić information content (AvgIpc) is 2.47. The molecule has 0 bridgehead atoms. The predicted molar refractivity (Wildman–Crippen MR) is 82.6 cm³/mol. The molecule has 0 saturated heterocycles. The van der Waals surface area contributed by atoms with Gasteiger partial charge in [0.05, 0.1) is 11.6 Å². The molecule has 2 heteroatoms. The Labute approximate surface area is 120 Å². The molecule has 2 nitrogen and oxygen atoms in total. The molecule has 1 fully saturated rings. The minimum atomic E-state index is -0.244. The summed E-state index contributed by atoms with van der Waals surface area (Å²) in [5.41, 5.74) is 2.03. The van der Waals surface area contributed by atoms with Crippen LogP contribution < -0.4 is 0 Å². The number of aliphatic hydroxyl groups excluding tert-OH is 1. The van der Waals surface area contributed by atoms with Crippen LogP contribution in [-0.4, -0.2) is 16.2 Å². The van der Waals surface area contributed by atoms with Gasteiger partial charge in [-0.1, -0.05) is 44.0 Å². The molecule has 0 amide bonds. The van der Waals surface area contributed by atoms with E-state index in [0.29, 0.717) is 12.3 Å². The van der Waals surface area contributed by atoms with Crippen molar-refractivity contribution in [2.24, 2.45) is 11.8 Å². The first kappa shape index (κ1) is 13.6. The number of pyridine rings is 1. The van der Waals surface area contributed by atoms with Crippen LogP contribution >= 0.6 is 0 Å². The lowest BCUT2D eigenvalue weighted by molar-refractivity contribution is 0.0713. The third kappa shape index (κ3) is 3.01. The van der Waals surface area contributed by atoms with E-state index >= 15 is 0 Å². The topological polar surface area (TPSA) is 33.1 Å². The maximum atomic E-state index is 10.5. The van der Waals surface area contributed by atoms with Crippen molar-refractivity contribution in [3.8, 4) is 0 Å². The SMILES string of the molecule is CC1CCCC(C(O)Cc2ccc3ccccc3n2)C1. The van der Waals surface area contributed by atoms with Crippen LogP contribution in [0.3, 0.4) is 0 Å². The molecule has 1 saturated carbocycles. The fourth-order valence-corrected chi connectivity index (χ4v) is 3.43. The van der Waals surface area contributed by atoms with Crippen LogP contribution in [0.4, 0.5) is 0 Å². The van der Waals surface area contributed by atoms with Crippen molar-refractivity contribution in [2.75, 3.05) is 0 Å². The molecule has 1 aliphatic carbocycles. The van der Waals surface area contributed by atoms with E-state index in [-0.39, 0.29) is 6.10 Å². The number of para-hydroxylation sites is 1. The second-order valence-electron chi connectivity index (χ2n) is 6.30. The van der Waals surface area contributed by atoms with Crippen LogP contribution in [0, 0.1) is 11.8 Å². The highest BCUT2D eigenvalue weighted by Crippen LogP contribution is 2.31. The molecule has 106 valence electrons. The van der Waals surface area contributed by atoms with Crippen LogP contribution in [0.5, 0.6) is 0 Å². The van der Waals surface area contributed by atoms with Crippen molar-refractivity contribution in [2.45, 2.75) is 45.1 Å². The highest BCUT2D eigenvalue weighted by atomic mass is 16.3. The van der Waals surface area contributed by atoms with E-state index in [0.717, 1.165) is 28.9 Å². The summed E-state index contributed by atoms with van der Waals surface area (Å²) in [6.07, 6.45) is 5.34. The van der Waals surface area contributed by atoms with E-state index in [1.807, 2.05) is 18.2 Å². The van der Waals surface area contributed by atoms with Crippen LogP contribution in [0.2, 0.25) is 0 Å². The van der Waals surface area contributed by atoms with Crippen molar-refractivity contribution in [3.63, 3.8) is 0 Å². The van der Waals surface area contributed by atoms with Gasteiger partial charge in [-0.25, -0.2) is 0 Å². The summed E-state index contributed by atoms with van der Waals surface area (Å²) in [5.74, 6) is 1.21. The number of aromatic nitrogens is 1. The monoisotopic (exact) mass is 269 g/mol. The first-order valence-corrected chi connectivity index (χ1v) is 7.75. The van der Waals surface area contributed by atoms with Crippen LogP contribution in [-0.2, 0) is 6.42 Å². The number of hydrogen-bond donors (Lipinski definition) is 1. The molecule has 20 heavy (non-hydrogen) atoms. The number of rotatable bonds is 3. The maximum absolute atomic E-state index is 10.5. The van der Waals surface area contributed by atoms with Gasteiger partial charge in [0.25, 0.3) is 0 Å². The van der Waals surface area contributed by atoms with E-state index in [2.05, 4.69) is 30.1 Å². The van der Waals surface area contributed by atoms with Crippen molar-refractivity contribution >= 4 is 10.9 Å². The minimum Gasteiger partial charge on any atom is -0.392 e. The summed E-state index contributed by atoms with van der Waals surface area (Å²) in [4.78, 5) is 4.67. The molecule has 2 aromatic rings. The Balaban J connectivity index is 1.71. The Morgan fingerprint density at radius 3 is 2.90 bits per heavy atom. The van der Waals surface area contributed by atoms with E-state index in [9.17, 15) is 5.11 Å². The van der Waals surface area contributed by atoms with Crippen molar-refractivity contribution in [1.29, 1.82) is 0 Å². The Hall–Kier alpha value is -1.41. The second-order valence-corrected chi connectivity index (χ2v) is 6.30. The molecule has 3 atom stereocenters. The van der Waals surface area contributed by atoms with Crippen molar-refractivity contribution < 1.29 is 5.11 Å². The molecular weight excluding hydrogens is 246 g/mol.